The Labute approximate surface area is 183 Å². The summed E-state index contributed by atoms with van der Waals surface area (Å²) < 4.78 is 0. The normalized spacial score (nSPS) is 14.7. The number of rotatable bonds is 7. The van der Waals surface area contributed by atoms with Crippen LogP contribution in [0.25, 0.3) is 0 Å². The number of carbonyl (C=O) groups excluding carboxylic acids is 2. The van der Waals surface area contributed by atoms with Crippen LogP contribution in [0.2, 0.25) is 0 Å². The van der Waals surface area contributed by atoms with Crippen LogP contribution in [0.5, 0.6) is 0 Å². The fourth-order valence-electron chi connectivity index (χ4n) is 3.93. The second kappa shape index (κ2) is 9.00. The van der Waals surface area contributed by atoms with Gasteiger partial charge in [0.05, 0.1) is 0 Å². The Balaban J connectivity index is 0.00000289. The van der Waals surface area contributed by atoms with Crippen LogP contribution in [0.1, 0.15) is 41.3 Å². The summed E-state index contributed by atoms with van der Waals surface area (Å²) in [5.74, 6) is -0.280. The molecule has 0 radical (unpaired) electrons. The van der Waals surface area contributed by atoms with E-state index in [1.54, 1.807) is 12.4 Å². The average molecular weight is 417 g/mol. The van der Waals surface area contributed by atoms with Crippen LogP contribution in [0.3, 0.4) is 0 Å². The highest BCUT2D eigenvalue weighted by Crippen LogP contribution is 2.26. The third kappa shape index (κ3) is 4.58. The highest BCUT2D eigenvalue weighted by Gasteiger charge is 2.28. The van der Waals surface area contributed by atoms with Crippen molar-refractivity contribution < 1.29 is 11.0 Å². The van der Waals surface area contributed by atoms with Gasteiger partial charge in [0.2, 0.25) is 0 Å². The maximum absolute atomic E-state index is 12.9. The quantitative estimate of drug-likeness (QED) is 0.459. The van der Waals surface area contributed by atoms with E-state index in [4.69, 9.17) is 5.73 Å². The molecular weight excluding hydrogens is 388 g/mol. The number of hydrogen-bond acceptors (Lipinski definition) is 4. The molecule has 1 aliphatic rings. The topological polar surface area (TPSA) is 79.5 Å². The van der Waals surface area contributed by atoms with Crippen LogP contribution in [-0.4, -0.2) is 39.7 Å². The summed E-state index contributed by atoms with van der Waals surface area (Å²) >= 11 is 0. The predicted octanol–water partition coefficient (Wildman–Crippen LogP) is 4.33. The van der Waals surface area contributed by atoms with Gasteiger partial charge in [-0.1, -0.05) is 55.5 Å². The molecule has 160 valence electrons. The fraction of sp³-hybridized carbons (Fsp3) is 0.240. The van der Waals surface area contributed by atoms with Crippen LogP contribution >= 0.6 is 0 Å². The van der Waals surface area contributed by atoms with Crippen molar-refractivity contribution in [1.82, 2.24) is 14.8 Å². The van der Waals surface area contributed by atoms with Gasteiger partial charge in [-0.15, -0.1) is 0 Å². The van der Waals surface area contributed by atoms with Crippen LogP contribution in [0.4, 0.5) is 10.5 Å². The van der Waals surface area contributed by atoms with E-state index < -0.39 is 0 Å². The molecular formula is C25H28N4O2. The number of nitrogens with two attached hydrogens (primary N) is 1. The van der Waals surface area contributed by atoms with E-state index in [2.05, 4.69) is 4.98 Å². The smallest absolute Gasteiger partial charge is 0.320 e. The summed E-state index contributed by atoms with van der Waals surface area (Å²) in [5, 5.41) is 0. The number of hydrogen-bond donors (Lipinski definition) is 1. The maximum atomic E-state index is 12.9. The number of amides is 2. The Morgan fingerprint density at radius 3 is 2.32 bits per heavy atom. The molecule has 1 atom stereocenters. The van der Waals surface area contributed by atoms with E-state index in [-0.39, 0.29) is 19.2 Å². The minimum absolute atomic E-state index is 0. The first-order valence-corrected chi connectivity index (χ1v) is 10.4. The van der Waals surface area contributed by atoms with Gasteiger partial charge in [-0.2, -0.15) is 0 Å². The lowest BCUT2D eigenvalue weighted by atomic mass is 9.91. The van der Waals surface area contributed by atoms with Gasteiger partial charge in [0, 0.05) is 57.2 Å². The van der Waals surface area contributed by atoms with Crippen molar-refractivity contribution in [1.29, 1.82) is 0 Å². The molecule has 2 aromatic carbocycles. The Bertz CT molecular complexity index is 1070. The number of benzene rings is 2. The molecule has 1 fully saturated rings. The minimum Gasteiger partial charge on any atom is -0.398 e. The monoisotopic (exact) mass is 416 g/mol. The molecule has 0 bridgehead atoms. The Kier molecular flexibility index (Phi) is 5.98. The van der Waals surface area contributed by atoms with Crippen LogP contribution < -0.4 is 5.73 Å². The van der Waals surface area contributed by atoms with E-state index in [9.17, 15) is 9.59 Å². The standard InChI is InChI=1S/C25H26N4O2.H2/c1-18(22-6-2-3-7-23(22)26)24(30)21-10-8-19(9-11-21)16-28-13-14-29(25(28)31)17-20-5-4-12-27-15-20;/h2-12,15,18H,13-14,16-17,26H2,1H3;1H. The molecule has 0 aliphatic carbocycles. The van der Waals surface area contributed by atoms with Gasteiger partial charge in [0.1, 0.15) is 0 Å². The summed E-state index contributed by atoms with van der Waals surface area (Å²) in [6.07, 6.45) is 3.52. The zero-order chi connectivity index (χ0) is 21.8. The number of para-hydroxylation sites is 1. The van der Waals surface area contributed by atoms with Crippen molar-refractivity contribution in [3.63, 3.8) is 0 Å². The first kappa shape index (κ1) is 20.6. The molecule has 4 rings (SSSR count). The predicted molar refractivity (Wildman–Crippen MR) is 123 cm³/mol. The lowest BCUT2D eigenvalue weighted by molar-refractivity contribution is 0.0966. The highest BCUT2D eigenvalue weighted by atomic mass is 16.2. The van der Waals surface area contributed by atoms with Gasteiger partial charge in [0.15, 0.2) is 5.78 Å². The number of nitrogen functional groups attached to an aromatic ring is 1. The lowest BCUT2D eigenvalue weighted by Gasteiger charge is -2.19. The van der Waals surface area contributed by atoms with Crippen molar-refractivity contribution >= 4 is 17.5 Å². The molecule has 2 N–H and O–H groups in total. The zero-order valence-electron chi connectivity index (χ0n) is 17.6. The molecule has 0 spiro atoms. The molecule has 0 saturated carbocycles. The first-order valence-electron chi connectivity index (χ1n) is 10.4. The molecule has 2 heterocycles. The molecule has 1 aromatic heterocycles. The van der Waals surface area contributed by atoms with E-state index in [1.165, 1.54) is 0 Å². The SMILES string of the molecule is CC(C(=O)c1ccc(CN2CCN(Cc3cccnc3)C2=O)cc1)c1ccccc1N.[HH]. The van der Waals surface area contributed by atoms with E-state index in [0.717, 1.165) is 16.7 Å². The number of Topliss-reactive ketones (excluding diaryl/α,β-unsaturated/α-hetero) is 1. The minimum atomic E-state index is -0.312. The van der Waals surface area contributed by atoms with Gasteiger partial charge in [-0.3, -0.25) is 9.78 Å². The average Bonchev–Trinajstić information content (AvgIpc) is 3.13. The summed E-state index contributed by atoms with van der Waals surface area (Å²) in [5.41, 5.74) is 10.2. The van der Waals surface area contributed by atoms with Crippen molar-refractivity contribution in [2.24, 2.45) is 0 Å². The maximum Gasteiger partial charge on any atom is 0.320 e. The Morgan fingerprint density at radius 2 is 1.68 bits per heavy atom. The number of carbonyl (C=O) groups is 2. The highest BCUT2D eigenvalue weighted by molar-refractivity contribution is 6.01. The van der Waals surface area contributed by atoms with Gasteiger partial charge in [-0.25, -0.2) is 4.79 Å². The van der Waals surface area contributed by atoms with Crippen molar-refractivity contribution in [3.05, 3.63) is 95.3 Å². The molecule has 6 nitrogen and oxygen atoms in total. The number of aromatic nitrogens is 1. The van der Waals surface area contributed by atoms with E-state index in [1.807, 2.05) is 77.4 Å². The zero-order valence-corrected chi connectivity index (χ0v) is 17.6. The molecule has 1 saturated heterocycles. The van der Waals surface area contributed by atoms with Gasteiger partial charge < -0.3 is 15.5 Å². The number of ketones is 1. The number of nitrogens with zero attached hydrogens (tertiary/aromatic N) is 3. The van der Waals surface area contributed by atoms with E-state index >= 15 is 0 Å². The summed E-state index contributed by atoms with van der Waals surface area (Å²) in [6.45, 7) is 4.35. The molecule has 1 aliphatic heterocycles. The summed E-state index contributed by atoms with van der Waals surface area (Å²) in [6, 6.07) is 18.9. The second-order valence-corrected chi connectivity index (χ2v) is 7.90. The molecule has 1 unspecified atom stereocenters. The van der Waals surface area contributed by atoms with Crippen LogP contribution in [-0.2, 0) is 13.1 Å². The molecule has 6 heteroatoms. The fourth-order valence-corrected chi connectivity index (χ4v) is 3.93. The second-order valence-electron chi connectivity index (χ2n) is 7.90. The summed E-state index contributed by atoms with van der Waals surface area (Å²) in [4.78, 5) is 33.4. The Morgan fingerprint density at radius 1 is 1.00 bits per heavy atom. The van der Waals surface area contributed by atoms with Gasteiger partial charge in [0.25, 0.3) is 0 Å². The van der Waals surface area contributed by atoms with Crippen LogP contribution in [0.15, 0.2) is 73.1 Å². The Hall–Kier alpha value is -3.67. The van der Waals surface area contributed by atoms with Crippen molar-refractivity contribution in [2.45, 2.75) is 25.9 Å². The molecule has 2 amide bonds. The van der Waals surface area contributed by atoms with Crippen LogP contribution in [0, 0.1) is 0 Å². The van der Waals surface area contributed by atoms with Gasteiger partial charge in [-0.05, 0) is 28.8 Å². The number of anilines is 1. The third-order valence-corrected chi connectivity index (χ3v) is 5.74. The summed E-state index contributed by atoms with van der Waals surface area (Å²) in [7, 11) is 0. The number of pyridine rings is 1. The lowest BCUT2D eigenvalue weighted by Crippen LogP contribution is -2.31. The first-order chi connectivity index (χ1) is 15.0. The molecule has 3 aromatic rings. The van der Waals surface area contributed by atoms with Crippen molar-refractivity contribution in [3.8, 4) is 0 Å². The van der Waals surface area contributed by atoms with E-state index in [0.29, 0.717) is 37.4 Å². The van der Waals surface area contributed by atoms with Gasteiger partial charge >= 0.3 is 6.03 Å². The number of urea groups is 1. The third-order valence-electron chi connectivity index (χ3n) is 5.74. The largest absolute Gasteiger partial charge is 0.398 e. The molecule has 31 heavy (non-hydrogen) atoms. The van der Waals surface area contributed by atoms with Crippen molar-refractivity contribution in [2.75, 3.05) is 18.8 Å².